The van der Waals surface area contributed by atoms with E-state index in [0.717, 1.165) is 23.1 Å². The topological polar surface area (TPSA) is 85.6 Å². The number of rotatable bonds is 3. The van der Waals surface area contributed by atoms with Crippen LogP contribution in [0.5, 0.6) is 0 Å². The van der Waals surface area contributed by atoms with E-state index in [1.165, 1.54) is 24.7 Å². The Labute approximate surface area is 137 Å². The molecule has 0 saturated carbocycles. The van der Waals surface area contributed by atoms with Gasteiger partial charge in [0.2, 0.25) is 0 Å². The first kappa shape index (κ1) is 15.7. The summed E-state index contributed by atoms with van der Waals surface area (Å²) in [7, 11) is 0. The number of anilines is 1. The number of pyridine rings is 1. The van der Waals surface area contributed by atoms with E-state index in [9.17, 15) is 9.18 Å². The summed E-state index contributed by atoms with van der Waals surface area (Å²) < 4.78 is 15.2. The third kappa shape index (κ3) is 2.85. The Morgan fingerprint density at radius 1 is 1.17 bits per heavy atom. The van der Waals surface area contributed by atoms with Crippen molar-refractivity contribution in [2.45, 2.75) is 20.8 Å². The fraction of sp³-hybridized carbons (Fsp3) is 0.188. The Morgan fingerprint density at radius 3 is 2.46 bits per heavy atom. The molecule has 0 aliphatic heterocycles. The highest BCUT2D eigenvalue weighted by Gasteiger charge is 2.13. The van der Waals surface area contributed by atoms with Gasteiger partial charge in [-0.05, 0) is 32.4 Å². The van der Waals surface area contributed by atoms with Crippen LogP contribution in [-0.2, 0) is 0 Å². The Kier molecular flexibility index (Phi) is 4.03. The van der Waals surface area contributed by atoms with Gasteiger partial charge in [0.15, 0.2) is 5.82 Å². The van der Waals surface area contributed by atoms with Gasteiger partial charge < -0.3 is 5.32 Å². The minimum absolute atomic E-state index is 0.0942. The van der Waals surface area contributed by atoms with Crippen molar-refractivity contribution in [1.82, 2.24) is 24.7 Å². The quantitative estimate of drug-likeness (QED) is 0.798. The Hall–Kier alpha value is -3.16. The summed E-state index contributed by atoms with van der Waals surface area (Å²) in [5.74, 6) is -0.879. The predicted octanol–water partition coefficient (Wildman–Crippen LogP) is 2.37. The Bertz CT molecular complexity index is 903. The lowest BCUT2D eigenvalue weighted by Gasteiger charge is -2.07. The van der Waals surface area contributed by atoms with Crippen molar-refractivity contribution >= 4 is 11.6 Å². The highest BCUT2D eigenvalue weighted by Crippen LogP contribution is 2.15. The second-order valence-corrected chi connectivity index (χ2v) is 5.29. The molecule has 24 heavy (non-hydrogen) atoms. The number of amides is 1. The average molecular weight is 326 g/mol. The van der Waals surface area contributed by atoms with Crippen molar-refractivity contribution in [2.75, 3.05) is 5.32 Å². The van der Waals surface area contributed by atoms with E-state index >= 15 is 0 Å². The summed E-state index contributed by atoms with van der Waals surface area (Å²) in [6, 6.07) is 1.30. The summed E-state index contributed by atoms with van der Waals surface area (Å²) in [5, 5.41) is 6.93. The summed E-state index contributed by atoms with van der Waals surface area (Å²) >= 11 is 0. The van der Waals surface area contributed by atoms with Crippen molar-refractivity contribution in [3.05, 3.63) is 59.2 Å². The van der Waals surface area contributed by atoms with Crippen LogP contribution >= 0.6 is 0 Å². The van der Waals surface area contributed by atoms with Gasteiger partial charge in [0, 0.05) is 11.9 Å². The van der Waals surface area contributed by atoms with Gasteiger partial charge in [-0.25, -0.2) is 19.0 Å². The molecule has 0 radical (unpaired) electrons. The lowest BCUT2D eigenvalue weighted by molar-refractivity contribution is 0.102. The molecule has 0 aliphatic rings. The number of nitrogens with zero attached hydrogens (tertiary/aromatic N) is 5. The third-order valence-corrected chi connectivity index (χ3v) is 3.76. The molecule has 3 heterocycles. The SMILES string of the molecule is Cc1nn(-c2ncc(NC(=O)c3ccncc3F)cn2)c(C)c1C. The lowest BCUT2D eigenvalue weighted by Crippen LogP contribution is -2.15. The molecule has 0 unspecified atom stereocenters. The van der Waals surface area contributed by atoms with Crippen LogP contribution in [-0.4, -0.2) is 30.6 Å². The molecule has 0 saturated heterocycles. The van der Waals surface area contributed by atoms with Crippen LogP contribution < -0.4 is 5.32 Å². The molecule has 0 aliphatic carbocycles. The summed E-state index contributed by atoms with van der Waals surface area (Å²) in [5.41, 5.74) is 3.19. The number of halogens is 1. The standard InChI is InChI=1S/C16H15FN6O/c1-9-10(2)22-23(11(9)3)16-19-6-12(7-20-16)21-15(24)13-4-5-18-8-14(13)17/h4-8H,1-3H3,(H,21,24). The smallest absolute Gasteiger partial charge is 0.258 e. The largest absolute Gasteiger partial charge is 0.319 e. The van der Waals surface area contributed by atoms with E-state index in [2.05, 4.69) is 25.4 Å². The Morgan fingerprint density at radius 2 is 1.88 bits per heavy atom. The van der Waals surface area contributed by atoms with E-state index in [-0.39, 0.29) is 5.56 Å². The zero-order chi connectivity index (χ0) is 17.3. The normalized spacial score (nSPS) is 10.7. The molecule has 3 rings (SSSR count). The molecule has 0 bridgehead atoms. The molecule has 0 atom stereocenters. The minimum atomic E-state index is -0.689. The van der Waals surface area contributed by atoms with E-state index < -0.39 is 11.7 Å². The van der Waals surface area contributed by atoms with Gasteiger partial charge in [0.05, 0.1) is 35.5 Å². The lowest BCUT2D eigenvalue weighted by atomic mass is 10.2. The van der Waals surface area contributed by atoms with Crippen molar-refractivity contribution in [1.29, 1.82) is 0 Å². The highest BCUT2D eigenvalue weighted by molar-refractivity contribution is 6.04. The molecule has 1 amide bonds. The van der Waals surface area contributed by atoms with E-state index in [1.807, 2.05) is 20.8 Å². The van der Waals surface area contributed by atoms with Crippen LogP contribution in [0.15, 0.2) is 30.9 Å². The van der Waals surface area contributed by atoms with Crippen molar-refractivity contribution in [3.63, 3.8) is 0 Å². The predicted molar refractivity (Wildman–Crippen MR) is 85.5 cm³/mol. The molecule has 7 nitrogen and oxygen atoms in total. The number of hydrogen-bond acceptors (Lipinski definition) is 5. The molecular formula is C16H15FN6O. The number of aryl methyl sites for hydroxylation is 1. The maximum Gasteiger partial charge on any atom is 0.258 e. The third-order valence-electron chi connectivity index (χ3n) is 3.76. The molecule has 8 heteroatoms. The molecular weight excluding hydrogens is 311 g/mol. The van der Waals surface area contributed by atoms with Gasteiger partial charge in [-0.2, -0.15) is 5.10 Å². The Balaban J connectivity index is 1.81. The van der Waals surface area contributed by atoms with Gasteiger partial charge in [0.25, 0.3) is 11.9 Å². The summed E-state index contributed by atoms with van der Waals surface area (Å²) in [6.07, 6.45) is 5.23. The average Bonchev–Trinajstić information content (AvgIpc) is 2.83. The molecule has 3 aromatic rings. The first-order valence-corrected chi connectivity index (χ1v) is 7.23. The second-order valence-electron chi connectivity index (χ2n) is 5.29. The first-order valence-electron chi connectivity index (χ1n) is 7.23. The first-order chi connectivity index (χ1) is 11.5. The van der Waals surface area contributed by atoms with Gasteiger partial charge >= 0.3 is 0 Å². The molecule has 122 valence electrons. The van der Waals surface area contributed by atoms with Crippen LogP contribution in [0.2, 0.25) is 0 Å². The summed E-state index contributed by atoms with van der Waals surface area (Å²) in [6.45, 7) is 5.82. The highest BCUT2D eigenvalue weighted by atomic mass is 19.1. The number of aromatic nitrogens is 5. The van der Waals surface area contributed by atoms with Crippen molar-refractivity contribution in [2.24, 2.45) is 0 Å². The second kappa shape index (κ2) is 6.15. The molecule has 3 aromatic heterocycles. The van der Waals surface area contributed by atoms with Crippen molar-refractivity contribution < 1.29 is 9.18 Å². The molecule has 0 fully saturated rings. The van der Waals surface area contributed by atoms with E-state index in [0.29, 0.717) is 11.6 Å². The van der Waals surface area contributed by atoms with Crippen LogP contribution in [0.4, 0.5) is 10.1 Å². The van der Waals surface area contributed by atoms with Gasteiger partial charge in [-0.1, -0.05) is 0 Å². The van der Waals surface area contributed by atoms with E-state index in [1.54, 1.807) is 4.68 Å². The monoisotopic (exact) mass is 326 g/mol. The van der Waals surface area contributed by atoms with Crippen LogP contribution in [0.3, 0.4) is 0 Å². The summed E-state index contributed by atoms with van der Waals surface area (Å²) in [4.78, 5) is 24.1. The van der Waals surface area contributed by atoms with Gasteiger partial charge in [-0.3, -0.25) is 9.78 Å². The molecule has 0 spiro atoms. The zero-order valence-electron chi connectivity index (χ0n) is 13.4. The molecule has 1 N–H and O–H groups in total. The fourth-order valence-electron chi connectivity index (χ4n) is 2.17. The van der Waals surface area contributed by atoms with Crippen molar-refractivity contribution in [3.8, 4) is 5.95 Å². The van der Waals surface area contributed by atoms with Crippen LogP contribution in [0.25, 0.3) is 5.95 Å². The maximum atomic E-state index is 13.5. The zero-order valence-corrected chi connectivity index (χ0v) is 13.4. The maximum absolute atomic E-state index is 13.5. The van der Waals surface area contributed by atoms with Gasteiger partial charge in [-0.15, -0.1) is 0 Å². The number of nitrogens with one attached hydrogen (secondary N) is 1. The number of hydrogen-bond donors (Lipinski definition) is 1. The van der Waals surface area contributed by atoms with Gasteiger partial charge in [0.1, 0.15) is 0 Å². The fourth-order valence-corrected chi connectivity index (χ4v) is 2.17. The number of carbonyl (C=O) groups is 1. The number of carbonyl (C=O) groups excluding carboxylic acids is 1. The minimum Gasteiger partial charge on any atom is -0.319 e. The van der Waals surface area contributed by atoms with Crippen LogP contribution in [0.1, 0.15) is 27.3 Å². The van der Waals surface area contributed by atoms with E-state index in [4.69, 9.17) is 0 Å². The molecule has 0 aromatic carbocycles. The van der Waals surface area contributed by atoms with Crippen LogP contribution in [0, 0.1) is 26.6 Å².